The minimum atomic E-state index is -3.54. The first-order chi connectivity index (χ1) is 12.3. The van der Waals surface area contributed by atoms with Crippen LogP contribution in [0.15, 0.2) is 24.3 Å². The Bertz CT molecular complexity index is 694. The van der Waals surface area contributed by atoms with E-state index in [1.54, 1.807) is 17.0 Å². The summed E-state index contributed by atoms with van der Waals surface area (Å²) in [5.41, 5.74) is 1.59. The summed E-state index contributed by atoms with van der Waals surface area (Å²) in [5, 5.41) is 0. The van der Waals surface area contributed by atoms with E-state index < -0.39 is 10.0 Å². The number of likely N-dealkylation sites (N-methyl/N-ethyl adjacent to an activating group) is 2. The smallest absolute Gasteiger partial charge is 0.243 e. The summed E-state index contributed by atoms with van der Waals surface area (Å²) < 4.78 is 25.6. The highest BCUT2D eigenvalue weighted by Crippen LogP contribution is 2.23. The second kappa shape index (κ2) is 8.73. The molecule has 0 atom stereocenters. The number of amides is 1. The Morgan fingerprint density at radius 3 is 2.04 bits per heavy atom. The van der Waals surface area contributed by atoms with Crippen molar-refractivity contribution < 1.29 is 13.2 Å². The lowest BCUT2D eigenvalue weighted by atomic mass is 10.2. The van der Waals surface area contributed by atoms with E-state index in [1.165, 1.54) is 4.31 Å². The normalized spacial score (nSPS) is 15.8. The molecule has 1 amide bonds. The molecule has 1 saturated heterocycles. The van der Waals surface area contributed by atoms with Gasteiger partial charge in [0.1, 0.15) is 6.54 Å². The molecule has 1 aliphatic heterocycles. The fourth-order valence-electron chi connectivity index (χ4n) is 3.09. The summed E-state index contributed by atoms with van der Waals surface area (Å²) in [6, 6.07) is 7.43. The number of sulfonamides is 1. The quantitative estimate of drug-likeness (QED) is 0.706. The van der Waals surface area contributed by atoms with Crippen molar-refractivity contribution in [3.05, 3.63) is 24.3 Å². The molecule has 2 rings (SSSR count). The Hall–Kier alpha value is -1.80. The summed E-state index contributed by atoms with van der Waals surface area (Å²) in [5.74, 6) is -0.191. The summed E-state index contributed by atoms with van der Waals surface area (Å²) >= 11 is 0. The third-order valence-electron chi connectivity index (χ3n) is 4.80. The first kappa shape index (κ1) is 20.5. The largest absolute Gasteiger partial charge is 0.369 e. The number of carbonyl (C=O) groups is 1. The van der Waals surface area contributed by atoms with E-state index in [0.29, 0.717) is 18.8 Å². The van der Waals surface area contributed by atoms with Gasteiger partial charge in [-0.1, -0.05) is 0 Å². The van der Waals surface area contributed by atoms with Crippen molar-refractivity contribution in [1.82, 2.24) is 9.80 Å². The molecule has 26 heavy (non-hydrogen) atoms. The maximum atomic E-state index is 12.4. The van der Waals surface area contributed by atoms with Gasteiger partial charge in [-0.25, -0.2) is 8.42 Å². The van der Waals surface area contributed by atoms with Crippen molar-refractivity contribution in [1.29, 1.82) is 0 Å². The molecule has 1 fully saturated rings. The Labute approximate surface area is 157 Å². The molecule has 1 aromatic carbocycles. The molecule has 8 heteroatoms. The maximum Gasteiger partial charge on any atom is 0.243 e. The maximum absolute atomic E-state index is 12.4. The highest BCUT2D eigenvalue weighted by molar-refractivity contribution is 7.92. The SMILES string of the molecule is CCN(CC)C(=O)CN(c1ccc(N2CCN(C)CC2)cc1)S(C)(=O)=O. The van der Waals surface area contributed by atoms with Crippen LogP contribution >= 0.6 is 0 Å². The first-order valence-electron chi connectivity index (χ1n) is 9.05. The van der Waals surface area contributed by atoms with Crippen LogP contribution in [0.2, 0.25) is 0 Å². The van der Waals surface area contributed by atoms with Crippen molar-refractivity contribution in [2.75, 3.05) is 68.3 Å². The third-order valence-corrected chi connectivity index (χ3v) is 5.94. The van der Waals surface area contributed by atoms with Crippen LogP contribution in [0.5, 0.6) is 0 Å². The molecule has 0 N–H and O–H groups in total. The third kappa shape index (κ3) is 5.11. The highest BCUT2D eigenvalue weighted by atomic mass is 32.2. The van der Waals surface area contributed by atoms with Crippen LogP contribution in [0, 0.1) is 0 Å². The molecule has 0 bridgehead atoms. The lowest BCUT2D eigenvalue weighted by molar-refractivity contribution is -0.129. The second-order valence-electron chi connectivity index (χ2n) is 6.64. The van der Waals surface area contributed by atoms with Gasteiger partial charge in [0.15, 0.2) is 0 Å². The van der Waals surface area contributed by atoms with Gasteiger partial charge in [-0.2, -0.15) is 0 Å². The summed E-state index contributed by atoms with van der Waals surface area (Å²) in [6.45, 7) is 8.65. The predicted octanol–water partition coefficient (Wildman–Crippen LogP) is 1.07. The van der Waals surface area contributed by atoms with Crippen LogP contribution < -0.4 is 9.21 Å². The number of carbonyl (C=O) groups excluding carboxylic acids is 1. The summed E-state index contributed by atoms with van der Waals surface area (Å²) in [7, 11) is -1.43. The predicted molar refractivity (Wildman–Crippen MR) is 106 cm³/mol. The Morgan fingerprint density at radius 2 is 1.58 bits per heavy atom. The standard InChI is InChI=1S/C18H30N4O3S/c1-5-20(6-2)18(23)15-22(26(4,24)25)17-9-7-16(8-10-17)21-13-11-19(3)12-14-21/h7-10H,5-6,11-15H2,1-4H3. The molecular formula is C18H30N4O3S. The fourth-order valence-corrected chi connectivity index (χ4v) is 3.94. The number of piperazine rings is 1. The number of hydrogen-bond donors (Lipinski definition) is 0. The lowest BCUT2D eigenvalue weighted by Crippen LogP contribution is -2.44. The van der Waals surface area contributed by atoms with E-state index in [-0.39, 0.29) is 12.5 Å². The van der Waals surface area contributed by atoms with Gasteiger partial charge in [-0.15, -0.1) is 0 Å². The van der Waals surface area contributed by atoms with E-state index in [9.17, 15) is 13.2 Å². The molecule has 1 heterocycles. The van der Waals surface area contributed by atoms with Crippen molar-refractivity contribution >= 4 is 27.3 Å². The minimum Gasteiger partial charge on any atom is -0.369 e. The van der Waals surface area contributed by atoms with Crippen LogP contribution in [-0.4, -0.2) is 83.2 Å². The molecule has 0 saturated carbocycles. The van der Waals surface area contributed by atoms with Crippen LogP contribution in [0.3, 0.4) is 0 Å². The van der Waals surface area contributed by atoms with Gasteiger partial charge in [0, 0.05) is 45.0 Å². The molecule has 0 radical (unpaired) electrons. The zero-order valence-electron chi connectivity index (χ0n) is 16.2. The van der Waals surface area contributed by atoms with Gasteiger partial charge in [0.25, 0.3) is 0 Å². The molecule has 0 aromatic heterocycles. The van der Waals surface area contributed by atoms with Gasteiger partial charge in [-0.05, 0) is 45.2 Å². The fraction of sp³-hybridized carbons (Fsp3) is 0.611. The minimum absolute atomic E-state index is 0.172. The molecule has 0 aliphatic carbocycles. The molecule has 0 spiro atoms. The summed E-state index contributed by atoms with van der Waals surface area (Å²) in [4.78, 5) is 18.6. The molecule has 0 unspecified atom stereocenters. The van der Waals surface area contributed by atoms with Crippen LogP contribution in [-0.2, 0) is 14.8 Å². The Balaban J connectivity index is 2.17. The zero-order valence-corrected chi connectivity index (χ0v) is 17.0. The number of rotatable bonds is 7. The zero-order chi connectivity index (χ0) is 19.3. The van der Waals surface area contributed by atoms with Crippen molar-refractivity contribution in [3.8, 4) is 0 Å². The van der Waals surface area contributed by atoms with Crippen LogP contribution in [0.25, 0.3) is 0 Å². The van der Waals surface area contributed by atoms with E-state index >= 15 is 0 Å². The lowest BCUT2D eigenvalue weighted by Gasteiger charge is -2.34. The van der Waals surface area contributed by atoms with Crippen LogP contribution in [0.4, 0.5) is 11.4 Å². The second-order valence-corrected chi connectivity index (χ2v) is 8.55. The van der Waals surface area contributed by atoms with E-state index in [0.717, 1.165) is 38.1 Å². The van der Waals surface area contributed by atoms with Crippen molar-refractivity contribution in [2.45, 2.75) is 13.8 Å². The van der Waals surface area contributed by atoms with Gasteiger partial charge < -0.3 is 14.7 Å². The van der Waals surface area contributed by atoms with Gasteiger partial charge in [0.2, 0.25) is 15.9 Å². The number of nitrogens with zero attached hydrogens (tertiary/aromatic N) is 4. The molecule has 1 aliphatic rings. The number of benzene rings is 1. The van der Waals surface area contributed by atoms with E-state index in [2.05, 4.69) is 16.8 Å². The molecule has 146 valence electrons. The summed E-state index contributed by atoms with van der Waals surface area (Å²) in [6.07, 6.45) is 1.14. The van der Waals surface area contributed by atoms with Gasteiger partial charge in [-0.3, -0.25) is 9.10 Å². The average molecular weight is 383 g/mol. The average Bonchev–Trinajstić information content (AvgIpc) is 2.61. The van der Waals surface area contributed by atoms with Gasteiger partial charge >= 0.3 is 0 Å². The monoisotopic (exact) mass is 382 g/mol. The number of hydrogen-bond acceptors (Lipinski definition) is 5. The molecular weight excluding hydrogens is 352 g/mol. The topological polar surface area (TPSA) is 64.2 Å². The van der Waals surface area contributed by atoms with Crippen LogP contribution in [0.1, 0.15) is 13.8 Å². The highest BCUT2D eigenvalue weighted by Gasteiger charge is 2.23. The van der Waals surface area contributed by atoms with Crippen molar-refractivity contribution in [3.63, 3.8) is 0 Å². The molecule has 7 nitrogen and oxygen atoms in total. The van der Waals surface area contributed by atoms with Gasteiger partial charge in [0.05, 0.1) is 11.9 Å². The first-order valence-corrected chi connectivity index (χ1v) is 10.9. The van der Waals surface area contributed by atoms with Crippen molar-refractivity contribution in [2.24, 2.45) is 0 Å². The Morgan fingerprint density at radius 1 is 1.04 bits per heavy atom. The Kier molecular flexibility index (Phi) is 6.88. The van der Waals surface area contributed by atoms with E-state index in [1.807, 2.05) is 26.0 Å². The van der Waals surface area contributed by atoms with E-state index in [4.69, 9.17) is 0 Å². The molecule has 1 aromatic rings. The number of anilines is 2.